The molecular formula is C22H27NO. The Balaban J connectivity index is 1.90. The first kappa shape index (κ1) is 15.9. The van der Waals surface area contributed by atoms with Crippen LogP contribution in [0.5, 0.6) is 0 Å². The highest BCUT2D eigenvalue weighted by Crippen LogP contribution is 2.48. The number of benzene rings is 2. The van der Waals surface area contributed by atoms with Crippen LogP contribution in [-0.4, -0.2) is 29.6 Å². The van der Waals surface area contributed by atoms with Gasteiger partial charge >= 0.3 is 0 Å². The first-order chi connectivity index (χ1) is 11.6. The average molecular weight is 321 g/mol. The van der Waals surface area contributed by atoms with Gasteiger partial charge in [-0.25, -0.2) is 0 Å². The number of rotatable bonds is 3. The van der Waals surface area contributed by atoms with Gasteiger partial charge in [-0.3, -0.25) is 0 Å². The monoisotopic (exact) mass is 321 g/mol. The molecule has 0 aliphatic carbocycles. The summed E-state index contributed by atoms with van der Waals surface area (Å²) in [6.07, 6.45) is 2.43. The van der Waals surface area contributed by atoms with E-state index in [-0.39, 0.29) is 5.92 Å². The Morgan fingerprint density at radius 2 is 1.38 bits per heavy atom. The van der Waals surface area contributed by atoms with Gasteiger partial charge in [0.15, 0.2) is 0 Å². The number of aliphatic hydroxyl groups is 1. The highest BCUT2D eigenvalue weighted by Gasteiger charge is 2.49. The maximum Gasteiger partial charge on any atom is 0.119 e. The SMILES string of the molecule is Cc1ccccc1C(O)(c1ccccc1C)[C@H]1CN2CCC1CC2. The first-order valence-corrected chi connectivity index (χ1v) is 9.17. The topological polar surface area (TPSA) is 23.5 Å². The molecule has 2 bridgehead atoms. The molecule has 3 heterocycles. The van der Waals surface area contributed by atoms with Crippen LogP contribution < -0.4 is 0 Å². The van der Waals surface area contributed by atoms with Gasteiger partial charge in [0.25, 0.3) is 0 Å². The molecule has 2 aromatic carbocycles. The molecule has 0 aromatic heterocycles. The molecule has 1 atom stereocenters. The van der Waals surface area contributed by atoms with Gasteiger partial charge in [0.1, 0.15) is 5.60 Å². The Morgan fingerprint density at radius 1 is 0.875 bits per heavy atom. The Morgan fingerprint density at radius 3 is 1.79 bits per heavy atom. The van der Waals surface area contributed by atoms with Crippen molar-refractivity contribution in [2.45, 2.75) is 32.3 Å². The largest absolute Gasteiger partial charge is 0.380 e. The van der Waals surface area contributed by atoms with E-state index in [1.54, 1.807) is 0 Å². The van der Waals surface area contributed by atoms with Crippen LogP contribution in [0.15, 0.2) is 48.5 Å². The molecule has 0 radical (unpaired) electrons. The summed E-state index contributed by atoms with van der Waals surface area (Å²) in [5, 5.41) is 12.2. The second kappa shape index (κ2) is 6.02. The van der Waals surface area contributed by atoms with Crippen molar-refractivity contribution in [3.63, 3.8) is 0 Å². The number of fused-ring (bicyclic) bond motifs is 3. The minimum absolute atomic E-state index is 0.266. The van der Waals surface area contributed by atoms with E-state index < -0.39 is 5.60 Å². The highest BCUT2D eigenvalue weighted by molar-refractivity contribution is 5.45. The van der Waals surface area contributed by atoms with E-state index in [1.165, 1.54) is 37.1 Å². The molecule has 5 rings (SSSR count). The van der Waals surface area contributed by atoms with Gasteiger partial charge in [-0.1, -0.05) is 48.5 Å². The van der Waals surface area contributed by atoms with Crippen LogP contribution in [-0.2, 0) is 5.60 Å². The summed E-state index contributed by atoms with van der Waals surface area (Å²) in [5.41, 5.74) is 3.62. The molecule has 2 aromatic rings. The molecule has 24 heavy (non-hydrogen) atoms. The average Bonchev–Trinajstić information content (AvgIpc) is 2.63. The molecule has 3 fully saturated rings. The van der Waals surface area contributed by atoms with E-state index in [0.717, 1.165) is 17.7 Å². The number of nitrogens with zero attached hydrogens (tertiary/aromatic N) is 1. The van der Waals surface area contributed by atoms with Crippen molar-refractivity contribution in [3.8, 4) is 0 Å². The van der Waals surface area contributed by atoms with Gasteiger partial charge < -0.3 is 10.0 Å². The van der Waals surface area contributed by atoms with Crippen LogP contribution in [0, 0.1) is 25.7 Å². The lowest BCUT2D eigenvalue weighted by atomic mass is 9.64. The van der Waals surface area contributed by atoms with Crippen molar-refractivity contribution in [1.29, 1.82) is 0 Å². The summed E-state index contributed by atoms with van der Waals surface area (Å²) in [6.45, 7) is 7.64. The van der Waals surface area contributed by atoms with E-state index in [9.17, 15) is 5.11 Å². The Labute approximate surface area is 145 Å². The maximum absolute atomic E-state index is 12.2. The molecule has 2 nitrogen and oxygen atoms in total. The molecule has 0 unspecified atom stereocenters. The fourth-order valence-electron chi connectivity index (χ4n) is 4.98. The van der Waals surface area contributed by atoms with Gasteiger partial charge in [-0.2, -0.15) is 0 Å². The van der Waals surface area contributed by atoms with Crippen molar-refractivity contribution < 1.29 is 5.11 Å². The lowest BCUT2D eigenvalue weighted by Crippen LogP contribution is -2.55. The molecule has 0 spiro atoms. The molecule has 0 saturated carbocycles. The summed E-state index contributed by atoms with van der Waals surface area (Å²) < 4.78 is 0. The molecule has 126 valence electrons. The predicted octanol–water partition coefficient (Wildman–Crippen LogP) is 3.88. The summed E-state index contributed by atoms with van der Waals surface area (Å²) in [6, 6.07) is 16.7. The molecule has 0 amide bonds. The molecule has 2 heteroatoms. The zero-order valence-electron chi connectivity index (χ0n) is 14.7. The van der Waals surface area contributed by atoms with Crippen LogP contribution in [0.25, 0.3) is 0 Å². The minimum atomic E-state index is -0.902. The van der Waals surface area contributed by atoms with Crippen molar-refractivity contribution in [2.75, 3.05) is 19.6 Å². The third-order valence-corrected chi connectivity index (χ3v) is 6.30. The second-order valence-electron chi connectivity index (χ2n) is 7.64. The van der Waals surface area contributed by atoms with Crippen LogP contribution in [0.4, 0.5) is 0 Å². The summed E-state index contributed by atoms with van der Waals surface area (Å²) in [4.78, 5) is 2.53. The van der Waals surface area contributed by atoms with Gasteiger partial charge in [0.2, 0.25) is 0 Å². The summed E-state index contributed by atoms with van der Waals surface area (Å²) in [7, 11) is 0. The molecule has 1 N–H and O–H groups in total. The van der Waals surface area contributed by atoms with Crippen molar-refractivity contribution >= 4 is 0 Å². The lowest BCUT2D eigenvalue weighted by Gasteiger charge is -2.52. The number of piperidine rings is 3. The summed E-state index contributed by atoms with van der Waals surface area (Å²) in [5.74, 6) is 0.876. The zero-order valence-corrected chi connectivity index (χ0v) is 14.7. The van der Waals surface area contributed by atoms with E-state index in [2.05, 4.69) is 67.3 Å². The Kier molecular flexibility index (Phi) is 3.98. The Hall–Kier alpha value is -1.64. The van der Waals surface area contributed by atoms with Crippen LogP contribution in [0.2, 0.25) is 0 Å². The fraction of sp³-hybridized carbons (Fsp3) is 0.455. The number of hydrogen-bond acceptors (Lipinski definition) is 2. The third kappa shape index (κ3) is 2.40. The number of hydrogen-bond donors (Lipinski definition) is 1. The van der Waals surface area contributed by atoms with Crippen molar-refractivity contribution in [1.82, 2.24) is 4.90 Å². The van der Waals surface area contributed by atoms with E-state index in [4.69, 9.17) is 0 Å². The maximum atomic E-state index is 12.2. The molecule has 3 saturated heterocycles. The fourth-order valence-corrected chi connectivity index (χ4v) is 4.98. The van der Waals surface area contributed by atoms with Crippen molar-refractivity contribution in [3.05, 3.63) is 70.8 Å². The van der Waals surface area contributed by atoms with Gasteiger partial charge in [-0.15, -0.1) is 0 Å². The van der Waals surface area contributed by atoms with Crippen LogP contribution in [0.3, 0.4) is 0 Å². The smallest absolute Gasteiger partial charge is 0.119 e. The second-order valence-corrected chi connectivity index (χ2v) is 7.64. The van der Waals surface area contributed by atoms with Crippen LogP contribution in [0.1, 0.15) is 35.1 Å². The lowest BCUT2D eigenvalue weighted by molar-refractivity contribution is -0.0770. The van der Waals surface area contributed by atoms with Gasteiger partial charge in [0.05, 0.1) is 0 Å². The van der Waals surface area contributed by atoms with Crippen molar-refractivity contribution in [2.24, 2.45) is 11.8 Å². The normalized spacial score (nSPS) is 26.5. The zero-order chi connectivity index (χ0) is 16.7. The van der Waals surface area contributed by atoms with E-state index in [1.807, 2.05) is 0 Å². The first-order valence-electron chi connectivity index (χ1n) is 9.17. The van der Waals surface area contributed by atoms with E-state index in [0.29, 0.717) is 5.92 Å². The van der Waals surface area contributed by atoms with Gasteiger partial charge in [-0.05, 0) is 68.0 Å². The van der Waals surface area contributed by atoms with Gasteiger partial charge in [0, 0.05) is 12.5 Å². The predicted molar refractivity (Wildman–Crippen MR) is 98.0 cm³/mol. The molecular weight excluding hydrogens is 294 g/mol. The standard InChI is InChI=1S/C22H27NO/c1-16-7-3-5-9-19(16)22(24,20-10-6-4-8-17(20)2)21-15-23-13-11-18(21)12-14-23/h3-10,18,21,24H,11-15H2,1-2H3/t21-/m0/s1. The number of aryl methyl sites for hydroxylation is 2. The molecule has 3 aliphatic rings. The highest BCUT2D eigenvalue weighted by atomic mass is 16.3. The quantitative estimate of drug-likeness (QED) is 0.927. The van der Waals surface area contributed by atoms with Crippen LogP contribution >= 0.6 is 0 Å². The van der Waals surface area contributed by atoms with E-state index >= 15 is 0 Å². The third-order valence-electron chi connectivity index (χ3n) is 6.30. The molecule has 3 aliphatic heterocycles. The summed E-state index contributed by atoms with van der Waals surface area (Å²) >= 11 is 0. The Bertz CT molecular complexity index is 685. The minimum Gasteiger partial charge on any atom is -0.380 e.